The van der Waals surface area contributed by atoms with Crippen molar-refractivity contribution in [2.75, 3.05) is 27.8 Å². The van der Waals surface area contributed by atoms with Gasteiger partial charge in [-0.25, -0.2) is 9.59 Å². The number of carbonyl (C=O) groups is 2. The summed E-state index contributed by atoms with van der Waals surface area (Å²) in [5, 5.41) is 13.3. The van der Waals surface area contributed by atoms with E-state index in [2.05, 4.69) is 50.6 Å². The number of nitrogens with zero attached hydrogens (tertiary/aromatic N) is 1. The lowest BCUT2D eigenvalue weighted by molar-refractivity contribution is -0.192. The fourth-order valence-corrected chi connectivity index (χ4v) is 5.68. The third-order valence-corrected chi connectivity index (χ3v) is 7.96. The number of ether oxygens (including phenoxy) is 2. The summed E-state index contributed by atoms with van der Waals surface area (Å²) in [5.41, 5.74) is 2.47. The number of alkyl halides is 3. The molecule has 39 heavy (non-hydrogen) atoms. The molecule has 3 N–H and O–H groups in total. The first-order chi connectivity index (χ1) is 18.4. The number of nitrogens with one attached hydrogen (secondary N) is 2. The number of hydrogen-bond acceptors (Lipinski definition) is 5. The number of benzene rings is 2. The Morgan fingerprint density at radius 1 is 1.10 bits per heavy atom. The van der Waals surface area contributed by atoms with Gasteiger partial charge in [-0.2, -0.15) is 13.2 Å². The van der Waals surface area contributed by atoms with E-state index in [-0.39, 0.29) is 17.5 Å². The smallest absolute Gasteiger partial charge is 0.490 e. The van der Waals surface area contributed by atoms with Crippen LogP contribution in [0.1, 0.15) is 36.8 Å². The number of rotatable bonds is 6. The van der Waals surface area contributed by atoms with Crippen LogP contribution in [0.4, 0.5) is 18.0 Å². The first-order valence-electron chi connectivity index (χ1n) is 12.4. The molecule has 0 radical (unpaired) electrons. The molecule has 1 aliphatic heterocycles. The Bertz CT molecular complexity index is 1150. The lowest BCUT2D eigenvalue weighted by Gasteiger charge is -2.45. The first-order valence-corrected chi connectivity index (χ1v) is 13.2. The van der Waals surface area contributed by atoms with E-state index in [0.717, 1.165) is 53.8 Å². The highest BCUT2D eigenvalue weighted by molar-refractivity contribution is 9.10. The Morgan fingerprint density at radius 3 is 2.33 bits per heavy atom. The maximum atomic E-state index is 12.6. The van der Waals surface area contributed by atoms with Crippen LogP contribution in [-0.2, 0) is 16.8 Å². The van der Waals surface area contributed by atoms with Crippen LogP contribution >= 0.6 is 15.9 Å². The van der Waals surface area contributed by atoms with Gasteiger partial charge in [0.2, 0.25) is 0 Å². The molecule has 0 aromatic heterocycles. The number of fused-ring (bicyclic) bond motifs is 1. The molecule has 1 saturated carbocycles. The van der Waals surface area contributed by atoms with Crippen molar-refractivity contribution in [1.82, 2.24) is 15.5 Å². The average molecular weight is 616 g/mol. The van der Waals surface area contributed by atoms with Gasteiger partial charge in [-0.15, -0.1) is 0 Å². The molecule has 2 fully saturated rings. The van der Waals surface area contributed by atoms with E-state index in [1.165, 1.54) is 5.56 Å². The highest BCUT2D eigenvalue weighted by Crippen LogP contribution is 2.49. The lowest BCUT2D eigenvalue weighted by Crippen LogP contribution is -2.53. The number of likely N-dealkylation sites (N-methyl/N-ethyl adjacent to an activating group) is 1. The molecule has 0 bridgehead atoms. The van der Waals surface area contributed by atoms with Gasteiger partial charge in [0.25, 0.3) is 0 Å². The van der Waals surface area contributed by atoms with Crippen molar-refractivity contribution in [3.63, 3.8) is 0 Å². The zero-order valence-corrected chi connectivity index (χ0v) is 23.6. The predicted molar refractivity (Wildman–Crippen MR) is 143 cm³/mol. The quantitative estimate of drug-likeness (QED) is 0.418. The molecular formula is C27H33BrF3N3O5. The molecule has 1 aliphatic carbocycles. The first kappa shape index (κ1) is 30.6. The lowest BCUT2D eigenvalue weighted by atomic mass is 9.65. The van der Waals surface area contributed by atoms with Gasteiger partial charge in [0.1, 0.15) is 0 Å². The van der Waals surface area contributed by atoms with E-state index in [1.807, 2.05) is 30.3 Å². The largest absolute Gasteiger partial charge is 0.493 e. The van der Waals surface area contributed by atoms with Crippen LogP contribution in [0, 0.1) is 0 Å². The van der Waals surface area contributed by atoms with Crippen molar-refractivity contribution in [1.29, 1.82) is 0 Å². The Morgan fingerprint density at radius 2 is 1.74 bits per heavy atom. The number of carboxylic acid groups (broad SMARTS) is 1. The number of carboxylic acids is 1. The number of carbonyl (C=O) groups excluding carboxylic acids is 1. The van der Waals surface area contributed by atoms with E-state index in [1.54, 1.807) is 14.2 Å². The van der Waals surface area contributed by atoms with Gasteiger partial charge in [0.15, 0.2) is 11.5 Å². The zero-order chi connectivity index (χ0) is 28.8. The zero-order valence-electron chi connectivity index (χ0n) is 22.0. The van der Waals surface area contributed by atoms with E-state index >= 15 is 0 Å². The molecule has 2 amide bonds. The molecule has 1 saturated heterocycles. The third kappa shape index (κ3) is 7.57. The number of aliphatic carboxylic acids is 1. The second-order valence-corrected chi connectivity index (χ2v) is 10.6. The highest BCUT2D eigenvalue weighted by Gasteiger charge is 2.50. The van der Waals surface area contributed by atoms with Crippen molar-refractivity contribution in [3.05, 3.63) is 58.1 Å². The van der Waals surface area contributed by atoms with E-state index in [0.29, 0.717) is 12.6 Å². The number of urea groups is 1. The second-order valence-electron chi connectivity index (χ2n) is 9.70. The average Bonchev–Trinajstić information content (AvgIpc) is 3.24. The summed E-state index contributed by atoms with van der Waals surface area (Å²) in [4.78, 5) is 23.9. The molecule has 2 aromatic rings. The van der Waals surface area contributed by atoms with Crippen molar-refractivity contribution in [3.8, 4) is 11.5 Å². The summed E-state index contributed by atoms with van der Waals surface area (Å²) in [6.45, 7) is 1.58. The Kier molecular flexibility index (Phi) is 10.1. The summed E-state index contributed by atoms with van der Waals surface area (Å²) in [5.74, 6) is -1.22. The fraction of sp³-hybridized carbons (Fsp3) is 0.481. The monoisotopic (exact) mass is 615 g/mol. The van der Waals surface area contributed by atoms with Crippen LogP contribution in [0.15, 0.2) is 46.9 Å². The summed E-state index contributed by atoms with van der Waals surface area (Å²) in [6.07, 6.45) is -1.03. The van der Waals surface area contributed by atoms with Crippen molar-refractivity contribution < 1.29 is 37.3 Å². The molecule has 12 heteroatoms. The molecule has 2 aliphatic rings. The molecule has 214 valence electrons. The van der Waals surface area contributed by atoms with E-state index in [9.17, 15) is 18.0 Å². The minimum absolute atomic E-state index is 0.0837. The Balaban J connectivity index is 0.000000532. The van der Waals surface area contributed by atoms with Gasteiger partial charge in [-0.05, 0) is 74.7 Å². The minimum atomic E-state index is -5.08. The van der Waals surface area contributed by atoms with Gasteiger partial charge >= 0.3 is 18.2 Å². The maximum absolute atomic E-state index is 12.6. The fourth-order valence-electron chi connectivity index (χ4n) is 5.42. The summed E-state index contributed by atoms with van der Waals surface area (Å²) in [7, 11) is 5.55. The number of likely N-dealkylation sites (tertiary alicyclic amines) is 1. The number of halogens is 4. The molecule has 1 heterocycles. The van der Waals surface area contributed by atoms with Crippen LogP contribution in [0.25, 0.3) is 0 Å². The van der Waals surface area contributed by atoms with E-state index in [4.69, 9.17) is 19.4 Å². The highest BCUT2D eigenvalue weighted by atomic mass is 79.9. The number of amides is 2. The standard InChI is InChI=1S/C25H32BrN3O3.C2HF3O2/c1-29-13-12-25(18-6-9-21(31-2)22(14-18)32-3)11-10-20(15-23(25)29)28-24(30)27-16-17-4-7-19(26)8-5-17;3-2(4,5)1(6)7/h4-9,14,20,23H,10-13,15-16H2,1-3H3,(H2,27,28,30);(H,6,7)/t20-,23+,25+;/m1./s1. The number of methoxy groups -OCH3 is 2. The van der Waals surface area contributed by atoms with Crippen molar-refractivity contribution in [2.45, 2.75) is 55.9 Å². The summed E-state index contributed by atoms with van der Waals surface area (Å²) < 4.78 is 43.8. The molecule has 4 rings (SSSR count). The summed E-state index contributed by atoms with van der Waals surface area (Å²) in [6, 6.07) is 14.8. The van der Waals surface area contributed by atoms with Crippen LogP contribution in [-0.4, -0.2) is 68.1 Å². The van der Waals surface area contributed by atoms with Gasteiger partial charge in [0.05, 0.1) is 14.2 Å². The van der Waals surface area contributed by atoms with Crippen LogP contribution in [0.3, 0.4) is 0 Å². The Hall–Kier alpha value is -2.99. The molecule has 8 nitrogen and oxygen atoms in total. The maximum Gasteiger partial charge on any atom is 0.490 e. The predicted octanol–water partition coefficient (Wildman–Crippen LogP) is 5.09. The molecular weight excluding hydrogens is 583 g/mol. The topological polar surface area (TPSA) is 100 Å². The SMILES string of the molecule is COc1ccc([C@@]23CC[C@@H](NC(=O)NCc4ccc(Br)cc4)C[C@@H]2N(C)CC3)cc1OC.O=C(O)C(F)(F)F. The van der Waals surface area contributed by atoms with Crippen LogP contribution in [0.5, 0.6) is 11.5 Å². The number of hydrogen-bond donors (Lipinski definition) is 3. The van der Waals surface area contributed by atoms with Crippen LogP contribution in [0.2, 0.25) is 0 Å². The molecule has 0 spiro atoms. The third-order valence-electron chi connectivity index (χ3n) is 7.43. The molecule has 0 unspecified atom stereocenters. The Labute approximate surface area is 234 Å². The van der Waals surface area contributed by atoms with Gasteiger partial charge in [-0.1, -0.05) is 34.1 Å². The van der Waals surface area contributed by atoms with Gasteiger partial charge in [-0.3, -0.25) is 0 Å². The van der Waals surface area contributed by atoms with Gasteiger partial charge in [0, 0.05) is 28.5 Å². The molecule has 3 atom stereocenters. The summed E-state index contributed by atoms with van der Waals surface area (Å²) >= 11 is 3.44. The normalized spacial score (nSPS) is 22.6. The van der Waals surface area contributed by atoms with E-state index < -0.39 is 12.1 Å². The van der Waals surface area contributed by atoms with Gasteiger partial charge < -0.3 is 30.1 Å². The molecule has 2 aromatic carbocycles. The van der Waals surface area contributed by atoms with Crippen LogP contribution < -0.4 is 20.1 Å². The minimum Gasteiger partial charge on any atom is -0.493 e. The van der Waals surface area contributed by atoms with Crippen molar-refractivity contribution >= 4 is 27.9 Å². The van der Waals surface area contributed by atoms with Crippen molar-refractivity contribution in [2.24, 2.45) is 0 Å². The second kappa shape index (κ2) is 12.9.